The average molecular weight is 252 g/mol. The highest BCUT2D eigenvalue weighted by Crippen LogP contribution is 2.45. The van der Waals surface area contributed by atoms with Crippen LogP contribution in [-0.4, -0.2) is 14.2 Å². The van der Waals surface area contributed by atoms with Crippen LogP contribution in [0.15, 0.2) is 47.1 Å². The molecule has 17 heavy (non-hydrogen) atoms. The van der Waals surface area contributed by atoms with Gasteiger partial charge in [0.05, 0.1) is 11.6 Å². The Bertz CT molecular complexity index is 525. The number of hydrogen-bond acceptors (Lipinski definition) is 4. The Hall–Kier alpha value is -1.35. The van der Waals surface area contributed by atoms with Crippen LogP contribution in [0.1, 0.15) is 0 Å². The molecular formula is C12H13O4P. The lowest BCUT2D eigenvalue weighted by molar-refractivity contribution is 0.287. The third kappa shape index (κ3) is 2.34. The third-order valence-corrected chi connectivity index (χ3v) is 4.32. The van der Waals surface area contributed by atoms with Crippen molar-refractivity contribution in [3.8, 4) is 11.3 Å². The van der Waals surface area contributed by atoms with Gasteiger partial charge >= 0.3 is 7.60 Å². The van der Waals surface area contributed by atoms with E-state index >= 15 is 0 Å². The Labute approximate surface area is 99.7 Å². The van der Waals surface area contributed by atoms with Gasteiger partial charge in [-0.2, -0.15) is 0 Å². The lowest BCUT2D eigenvalue weighted by Crippen LogP contribution is -2.07. The van der Waals surface area contributed by atoms with E-state index in [1.54, 1.807) is 30.5 Å². The number of rotatable bonds is 4. The second-order valence-corrected chi connectivity index (χ2v) is 5.63. The van der Waals surface area contributed by atoms with Gasteiger partial charge in [0, 0.05) is 19.8 Å². The predicted molar refractivity (Wildman–Crippen MR) is 65.4 cm³/mol. The number of hydrogen-bond donors (Lipinski definition) is 0. The van der Waals surface area contributed by atoms with Gasteiger partial charge in [-0.1, -0.05) is 12.1 Å². The number of benzene rings is 1. The Morgan fingerprint density at radius 2 is 1.88 bits per heavy atom. The molecule has 0 spiro atoms. The average Bonchev–Trinajstić information content (AvgIpc) is 2.92. The standard InChI is InChI=1S/C12H13O4P/c1-14-17(13,15-2)11-6-3-5-10(9-11)12-7-4-8-16-12/h3-9H,1-2H3. The summed E-state index contributed by atoms with van der Waals surface area (Å²) in [5.74, 6) is 0.714. The van der Waals surface area contributed by atoms with Crippen LogP contribution in [0.25, 0.3) is 11.3 Å². The first kappa shape index (κ1) is 12.1. The van der Waals surface area contributed by atoms with Gasteiger partial charge in [0.2, 0.25) is 0 Å². The minimum Gasteiger partial charge on any atom is -0.464 e. The maximum atomic E-state index is 12.2. The molecule has 0 aliphatic rings. The summed E-state index contributed by atoms with van der Waals surface area (Å²) in [5, 5.41) is 0.511. The van der Waals surface area contributed by atoms with E-state index in [2.05, 4.69) is 0 Å². The molecule has 0 unspecified atom stereocenters. The lowest BCUT2D eigenvalue weighted by atomic mass is 10.2. The molecule has 0 atom stereocenters. The third-order valence-electron chi connectivity index (χ3n) is 2.45. The summed E-state index contributed by atoms with van der Waals surface area (Å²) < 4.78 is 27.4. The van der Waals surface area contributed by atoms with Crippen LogP contribution in [0.2, 0.25) is 0 Å². The second-order valence-electron chi connectivity index (χ2n) is 3.39. The molecule has 5 heteroatoms. The Morgan fingerprint density at radius 1 is 1.12 bits per heavy atom. The largest absolute Gasteiger partial charge is 0.464 e. The molecule has 2 aromatic rings. The van der Waals surface area contributed by atoms with Crippen molar-refractivity contribution in [2.45, 2.75) is 0 Å². The predicted octanol–water partition coefficient (Wildman–Crippen LogP) is 3.06. The maximum Gasteiger partial charge on any atom is 0.360 e. The van der Waals surface area contributed by atoms with E-state index in [9.17, 15) is 4.57 Å². The summed E-state index contributed by atoms with van der Waals surface area (Å²) in [6.07, 6.45) is 1.59. The fourth-order valence-corrected chi connectivity index (χ4v) is 2.69. The zero-order chi connectivity index (χ0) is 12.3. The highest BCUT2D eigenvalue weighted by Gasteiger charge is 2.24. The molecule has 1 aromatic carbocycles. The molecule has 1 heterocycles. The second kappa shape index (κ2) is 4.88. The van der Waals surface area contributed by atoms with Gasteiger partial charge in [0.15, 0.2) is 0 Å². The van der Waals surface area contributed by atoms with Crippen molar-refractivity contribution >= 4 is 12.9 Å². The molecule has 0 fully saturated rings. The number of furan rings is 1. The molecule has 0 bridgehead atoms. The zero-order valence-corrected chi connectivity index (χ0v) is 10.5. The van der Waals surface area contributed by atoms with E-state index in [1.165, 1.54) is 14.2 Å². The van der Waals surface area contributed by atoms with Crippen molar-refractivity contribution in [1.82, 2.24) is 0 Å². The summed E-state index contributed by atoms with van der Waals surface area (Å²) in [7, 11) is -0.474. The van der Waals surface area contributed by atoms with E-state index in [1.807, 2.05) is 12.1 Å². The van der Waals surface area contributed by atoms with E-state index in [4.69, 9.17) is 13.5 Å². The summed E-state index contributed by atoms with van der Waals surface area (Å²) in [6, 6.07) is 10.8. The molecule has 0 amide bonds. The normalized spacial score (nSPS) is 11.6. The van der Waals surface area contributed by atoms with Crippen molar-refractivity contribution in [2.24, 2.45) is 0 Å². The molecule has 0 N–H and O–H groups in total. The molecule has 0 saturated carbocycles. The molecule has 0 aliphatic heterocycles. The minimum absolute atomic E-state index is 0.511. The minimum atomic E-state index is -3.20. The fourth-order valence-electron chi connectivity index (χ4n) is 1.56. The summed E-state index contributed by atoms with van der Waals surface area (Å²) >= 11 is 0. The molecule has 90 valence electrons. The first-order chi connectivity index (χ1) is 8.19. The zero-order valence-electron chi connectivity index (χ0n) is 9.62. The SMILES string of the molecule is COP(=O)(OC)c1cccc(-c2ccco2)c1. The maximum absolute atomic E-state index is 12.2. The van der Waals surface area contributed by atoms with Crippen molar-refractivity contribution in [3.63, 3.8) is 0 Å². The van der Waals surface area contributed by atoms with Gasteiger partial charge in [0.1, 0.15) is 5.76 Å². The van der Waals surface area contributed by atoms with Gasteiger partial charge in [-0.3, -0.25) is 4.57 Å². The van der Waals surface area contributed by atoms with Crippen LogP contribution >= 0.6 is 7.60 Å². The first-order valence-electron chi connectivity index (χ1n) is 5.05. The Balaban J connectivity index is 2.45. The van der Waals surface area contributed by atoms with Crippen molar-refractivity contribution in [2.75, 3.05) is 14.2 Å². The lowest BCUT2D eigenvalue weighted by Gasteiger charge is -2.14. The van der Waals surface area contributed by atoms with Crippen LogP contribution in [0.3, 0.4) is 0 Å². The highest BCUT2D eigenvalue weighted by molar-refractivity contribution is 7.62. The topological polar surface area (TPSA) is 48.7 Å². The molecule has 4 nitrogen and oxygen atoms in total. The summed E-state index contributed by atoms with van der Waals surface area (Å²) in [6.45, 7) is 0. The molecule has 1 aromatic heterocycles. The van der Waals surface area contributed by atoms with Crippen molar-refractivity contribution in [1.29, 1.82) is 0 Å². The van der Waals surface area contributed by atoms with E-state index < -0.39 is 7.60 Å². The fraction of sp³-hybridized carbons (Fsp3) is 0.167. The van der Waals surface area contributed by atoms with Crippen LogP contribution in [0, 0.1) is 0 Å². The van der Waals surface area contributed by atoms with E-state index in [-0.39, 0.29) is 0 Å². The first-order valence-corrected chi connectivity index (χ1v) is 6.60. The van der Waals surface area contributed by atoms with Gasteiger partial charge in [-0.05, 0) is 24.3 Å². The van der Waals surface area contributed by atoms with Gasteiger partial charge in [-0.25, -0.2) is 0 Å². The molecular weight excluding hydrogens is 239 g/mol. The van der Waals surface area contributed by atoms with Crippen LogP contribution in [0.4, 0.5) is 0 Å². The van der Waals surface area contributed by atoms with Crippen LogP contribution in [-0.2, 0) is 13.6 Å². The summed E-state index contributed by atoms with van der Waals surface area (Å²) in [4.78, 5) is 0. The van der Waals surface area contributed by atoms with E-state index in [0.29, 0.717) is 11.1 Å². The van der Waals surface area contributed by atoms with Gasteiger partial charge < -0.3 is 13.5 Å². The van der Waals surface area contributed by atoms with Crippen molar-refractivity contribution in [3.05, 3.63) is 42.7 Å². The highest BCUT2D eigenvalue weighted by atomic mass is 31.2. The van der Waals surface area contributed by atoms with Gasteiger partial charge in [0.25, 0.3) is 0 Å². The molecule has 0 saturated heterocycles. The molecule has 0 radical (unpaired) electrons. The Kier molecular flexibility index (Phi) is 3.48. The van der Waals surface area contributed by atoms with Crippen molar-refractivity contribution < 1.29 is 18.0 Å². The Morgan fingerprint density at radius 3 is 2.47 bits per heavy atom. The smallest absolute Gasteiger partial charge is 0.360 e. The molecule has 0 aliphatic carbocycles. The van der Waals surface area contributed by atoms with Crippen LogP contribution < -0.4 is 5.30 Å². The molecule has 2 rings (SSSR count). The van der Waals surface area contributed by atoms with E-state index in [0.717, 1.165) is 5.56 Å². The van der Waals surface area contributed by atoms with Crippen LogP contribution in [0.5, 0.6) is 0 Å². The monoisotopic (exact) mass is 252 g/mol. The summed E-state index contributed by atoms with van der Waals surface area (Å²) in [5.41, 5.74) is 0.835. The quantitative estimate of drug-likeness (QED) is 0.784. The van der Waals surface area contributed by atoms with Gasteiger partial charge in [-0.15, -0.1) is 0 Å².